The zero-order valence-electron chi connectivity index (χ0n) is 20.5. The summed E-state index contributed by atoms with van der Waals surface area (Å²) in [7, 11) is 2.18. The molecule has 1 rings (SSSR count). The minimum absolute atomic E-state index is 0.804. The van der Waals surface area contributed by atoms with Gasteiger partial charge in [-0.3, -0.25) is 0 Å². The van der Waals surface area contributed by atoms with Crippen LogP contribution in [0.4, 0.5) is 5.69 Å². The van der Waals surface area contributed by atoms with Gasteiger partial charge in [0.2, 0.25) is 0 Å². The minimum atomic E-state index is 0.804. The van der Waals surface area contributed by atoms with E-state index < -0.39 is 0 Å². The molecule has 0 heterocycles. The van der Waals surface area contributed by atoms with Crippen molar-refractivity contribution < 1.29 is 0 Å². The number of hydrogen-bond acceptors (Lipinski definition) is 3. The smallest absolute Gasteiger partial charge is 0.0617 e. The summed E-state index contributed by atoms with van der Waals surface area (Å²) in [5, 5.41) is 3.06. The van der Waals surface area contributed by atoms with Gasteiger partial charge in [-0.1, -0.05) is 78.7 Å². The molecule has 0 aliphatic rings. The molecule has 1 aromatic carbocycles. The SMILES string of the molecule is CCC.CCC.CCCN(CCC)CCCCN(C)c1ccc(CNC=S)cc1. The Morgan fingerprint density at radius 3 is 1.72 bits per heavy atom. The molecule has 1 aromatic rings. The van der Waals surface area contributed by atoms with E-state index in [4.69, 9.17) is 12.2 Å². The summed E-state index contributed by atoms with van der Waals surface area (Å²) in [5.74, 6) is 0. The lowest BCUT2D eigenvalue weighted by Crippen LogP contribution is -2.27. The topological polar surface area (TPSA) is 18.5 Å². The van der Waals surface area contributed by atoms with E-state index in [0.29, 0.717) is 0 Å². The van der Waals surface area contributed by atoms with Gasteiger partial charge in [0.25, 0.3) is 0 Å². The summed E-state index contributed by atoms with van der Waals surface area (Å²) in [5.41, 5.74) is 4.12. The standard InChI is InChI=1S/C19H33N3S.2C3H8/c1-4-12-22(13-5-2)15-7-6-14-21(3)19-10-8-18(9-11-19)16-20-17-23;2*1-3-2/h8-11,17H,4-7,12-16H2,1-3H3,(H,20,23);2*3H2,1-2H3. The van der Waals surface area contributed by atoms with Crippen molar-refractivity contribution in [2.75, 3.05) is 38.1 Å². The van der Waals surface area contributed by atoms with E-state index in [1.54, 1.807) is 5.49 Å². The van der Waals surface area contributed by atoms with Crippen LogP contribution in [0.15, 0.2) is 24.3 Å². The number of unbranched alkanes of at least 4 members (excludes halogenated alkanes) is 1. The van der Waals surface area contributed by atoms with Gasteiger partial charge in [0.15, 0.2) is 0 Å². The molecule has 0 fully saturated rings. The van der Waals surface area contributed by atoms with E-state index >= 15 is 0 Å². The van der Waals surface area contributed by atoms with E-state index in [1.807, 2.05) is 0 Å². The van der Waals surface area contributed by atoms with Crippen molar-refractivity contribution in [2.24, 2.45) is 0 Å². The van der Waals surface area contributed by atoms with Crippen molar-refractivity contribution in [3.8, 4) is 0 Å². The molecule has 29 heavy (non-hydrogen) atoms. The first kappa shape index (κ1) is 30.1. The summed E-state index contributed by atoms with van der Waals surface area (Å²) in [6, 6.07) is 8.73. The van der Waals surface area contributed by atoms with Crippen LogP contribution in [-0.4, -0.2) is 43.6 Å². The Bertz CT molecular complexity index is 440. The fourth-order valence-corrected chi connectivity index (χ4v) is 2.89. The zero-order chi connectivity index (χ0) is 22.3. The molecule has 0 unspecified atom stereocenters. The molecule has 4 heteroatoms. The molecule has 0 aliphatic heterocycles. The molecule has 0 atom stereocenters. The molecule has 0 aromatic heterocycles. The predicted octanol–water partition coefficient (Wildman–Crippen LogP) is 6.90. The van der Waals surface area contributed by atoms with Crippen LogP contribution in [0.1, 0.15) is 85.6 Å². The number of rotatable bonds is 13. The lowest BCUT2D eigenvalue weighted by molar-refractivity contribution is 0.269. The third-order valence-electron chi connectivity index (χ3n) is 4.06. The molecule has 0 aliphatic carbocycles. The number of benzene rings is 1. The van der Waals surface area contributed by atoms with Crippen LogP contribution in [0, 0.1) is 0 Å². The van der Waals surface area contributed by atoms with Crippen LogP contribution >= 0.6 is 12.2 Å². The lowest BCUT2D eigenvalue weighted by Gasteiger charge is -2.23. The highest BCUT2D eigenvalue weighted by Gasteiger charge is 2.04. The Morgan fingerprint density at radius 1 is 0.793 bits per heavy atom. The molecular weight excluding hydrogens is 374 g/mol. The highest BCUT2D eigenvalue weighted by Crippen LogP contribution is 2.14. The summed E-state index contributed by atoms with van der Waals surface area (Å²) < 4.78 is 0. The molecule has 0 spiro atoms. The van der Waals surface area contributed by atoms with Gasteiger partial charge in [-0.2, -0.15) is 0 Å². The second kappa shape index (κ2) is 23.2. The van der Waals surface area contributed by atoms with Gasteiger partial charge in [0.05, 0.1) is 5.49 Å². The van der Waals surface area contributed by atoms with E-state index in [9.17, 15) is 0 Å². The minimum Gasteiger partial charge on any atom is -0.378 e. The van der Waals surface area contributed by atoms with Crippen molar-refractivity contribution in [1.29, 1.82) is 0 Å². The van der Waals surface area contributed by atoms with Crippen molar-refractivity contribution in [2.45, 2.75) is 86.6 Å². The number of nitrogens with one attached hydrogen (secondary N) is 1. The largest absolute Gasteiger partial charge is 0.378 e. The average Bonchev–Trinajstić information content (AvgIpc) is 2.71. The summed E-state index contributed by atoms with van der Waals surface area (Å²) in [6.07, 6.45) is 7.53. The maximum absolute atomic E-state index is 4.78. The van der Waals surface area contributed by atoms with Crippen LogP contribution in [0.5, 0.6) is 0 Å². The third kappa shape index (κ3) is 18.6. The first-order valence-electron chi connectivity index (χ1n) is 11.7. The molecule has 0 saturated carbocycles. The Hall–Kier alpha value is -1.13. The van der Waals surface area contributed by atoms with Gasteiger partial charge in [-0.25, -0.2) is 0 Å². The molecule has 170 valence electrons. The van der Waals surface area contributed by atoms with Gasteiger partial charge in [-0.05, 0) is 63.0 Å². The summed E-state index contributed by atoms with van der Waals surface area (Å²) >= 11 is 4.78. The quantitative estimate of drug-likeness (QED) is 0.274. The van der Waals surface area contributed by atoms with Crippen LogP contribution in [0.25, 0.3) is 0 Å². The Balaban J connectivity index is 0. The van der Waals surface area contributed by atoms with Gasteiger partial charge in [-0.15, -0.1) is 0 Å². The Labute approximate surface area is 188 Å². The zero-order valence-corrected chi connectivity index (χ0v) is 21.3. The van der Waals surface area contributed by atoms with Crippen LogP contribution in [0.3, 0.4) is 0 Å². The molecule has 3 nitrogen and oxygen atoms in total. The second-order valence-corrected chi connectivity index (χ2v) is 7.79. The van der Waals surface area contributed by atoms with Gasteiger partial charge < -0.3 is 15.1 Å². The van der Waals surface area contributed by atoms with E-state index in [-0.39, 0.29) is 0 Å². The number of hydrogen-bond donors (Lipinski definition) is 1. The van der Waals surface area contributed by atoms with Crippen molar-refractivity contribution in [1.82, 2.24) is 10.2 Å². The lowest BCUT2D eigenvalue weighted by atomic mass is 10.2. The summed E-state index contributed by atoms with van der Waals surface area (Å²) in [4.78, 5) is 4.94. The highest BCUT2D eigenvalue weighted by molar-refractivity contribution is 7.78. The molecule has 0 amide bonds. The second-order valence-electron chi connectivity index (χ2n) is 7.55. The van der Waals surface area contributed by atoms with E-state index in [0.717, 1.165) is 13.1 Å². The van der Waals surface area contributed by atoms with Gasteiger partial charge >= 0.3 is 0 Å². The molecule has 0 saturated heterocycles. The van der Waals surface area contributed by atoms with E-state index in [2.05, 4.69) is 88.0 Å². The van der Waals surface area contributed by atoms with Gasteiger partial charge in [0.1, 0.15) is 0 Å². The van der Waals surface area contributed by atoms with Crippen molar-refractivity contribution in [3.63, 3.8) is 0 Å². The molecular formula is C25H49N3S. The fraction of sp³-hybridized carbons (Fsp3) is 0.720. The number of thiocarbonyl (C=S) groups is 1. The maximum atomic E-state index is 4.78. The Kier molecular flexibility index (Phi) is 24.0. The Morgan fingerprint density at radius 2 is 1.28 bits per heavy atom. The third-order valence-corrected chi connectivity index (χ3v) is 4.23. The first-order valence-corrected chi connectivity index (χ1v) is 12.2. The maximum Gasteiger partial charge on any atom is 0.0617 e. The van der Waals surface area contributed by atoms with Crippen molar-refractivity contribution >= 4 is 23.4 Å². The normalized spacial score (nSPS) is 9.79. The molecule has 1 N–H and O–H groups in total. The summed E-state index contributed by atoms with van der Waals surface area (Å²) in [6.45, 7) is 18.7. The number of anilines is 1. The van der Waals surface area contributed by atoms with Crippen molar-refractivity contribution in [3.05, 3.63) is 29.8 Å². The van der Waals surface area contributed by atoms with Crippen LogP contribution in [0.2, 0.25) is 0 Å². The van der Waals surface area contributed by atoms with Crippen LogP contribution in [-0.2, 0) is 6.54 Å². The molecule has 0 radical (unpaired) electrons. The first-order chi connectivity index (χ1) is 14.0. The highest BCUT2D eigenvalue weighted by atomic mass is 32.1. The van der Waals surface area contributed by atoms with Crippen LogP contribution < -0.4 is 10.2 Å². The monoisotopic (exact) mass is 423 g/mol. The predicted molar refractivity (Wildman–Crippen MR) is 138 cm³/mol. The number of nitrogens with zero attached hydrogens (tertiary/aromatic N) is 2. The van der Waals surface area contributed by atoms with Gasteiger partial charge in [0, 0.05) is 25.8 Å². The molecule has 0 bridgehead atoms. The van der Waals surface area contributed by atoms with E-state index in [1.165, 1.54) is 69.4 Å². The fourth-order valence-electron chi connectivity index (χ4n) is 2.81. The average molecular weight is 424 g/mol.